The summed E-state index contributed by atoms with van der Waals surface area (Å²) in [5.41, 5.74) is -0.0530. The van der Waals surface area contributed by atoms with Gasteiger partial charge >= 0.3 is 0 Å². The SMILES string of the molecule is CCN(Cc1ccco1)CC(C)(C)CO. The highest BCUT2D eigenvalue weighted by molar-refractivity contribution is 4.98. The Balaban J connectivity index is 2.50. The van der Waals surface area contributed by atoms with Gasteiger partial charge in [-0.05, 0) is 18.7 Å². The van der Waals surface area contributed by atoms with Crippen LogP contribution in [0.1, 0.15) is 26.5 Å². The van der Waals surface area contributed by atoms with Crippen LogP contribution >= 0.6 is 0 Å². The van der Waals surface area contributed by atoms with E-state index in [4.69, 9.17) is 4.42 Å². The molecule has 0 bridgehead atoms. The maximum Gasteiger partial charge on any atom is 0.117 e. The molecule has 1 aromatic rings. The van der Waals surface area contributed by atoms with Gasteiger partial charge in [-0.15, -0.1) is 0 Å². The molecule has 0 aliphatic rings. The van der Waals surface area contributed by atoms with Gasteiger partial charge < -0.3 is 9.52 Å². The van der Waals surface area contributed by atoms with Crippen LogP contribution in [0.4, 0.5) is 0 Å². The fraction of sp³-hybridized carbons (Fsp3) is 0.667. The average Bonchev–Trinajstić information content (AvgIpc) is 2.69. The van der Waals surface area contributed by atoms with Crippen molar-refractivity contribution in [3.8, 4) is 0 Å². The molecule has 0 spiro atoms. The van der Waals surface area contributed by atoms with Crippen LogP contribution < -0.4 is 0 Å². The topological polar surface area (TPSA) is 36.6 Å². The van der Waals surface area contributed by atoms with Gasteiger partial charge in [0.2, 0.25) is 0 Å². The number of furan rings is 1. The Labute approximate surface area is 91.7 Å². The van der Waals surface area contributed by atoms with E-state index in [0.717, 1.165) is 25.4 Å². The minimum atomic E-state index is -0.0530. The van der Waals surface area contributed by atoms with Crippen molar-refractivity contribution in [2.45, 2.75) is 27.3 Å². The zero-order chi connectivity index (χ0) is 11.3. The summed E-state index contributed by atoms with van der Waals surface area (Å²) in [6.45, 7) is 9.12. The van der Waals surface area contributed by atoms with E-state index < -0.39 is 0 Å². The van der Waals surface area contributed by atoms with Crippen LogP contribution in [0.15, 0.2) is 22.8 Å². The maximum absolute atomic E-state index is 9.21. The molecule has 0 aliphatic heterocycles. The highest BCUT2D eigenvalue weighted by atomic mass is 16.3. The Morgan fingerprint density at radius 2 is 2.20 bits per heavy atom. The number of aliphatic hydroxyl groups excluding tert-OH is 1. The molecule has 15 heavy (non-hydrogen) atoms. The number of aliphatic hydroxyl groups is 1. The van der Waals surface area contributed by atoms with Gasteiger partial charge in [0.05, 0.1) is 12.8 Å². The normalized spacial score (nSPS) is 12.3. The quantitative estimate of drug-likeness (QED) is 0.783. The standard InChI is InChI=1S/C12H21NO2/c1-4-13(9-12(2,3)10-14)8-11-6-5-7-15-11/h5-7,14H,4,8-10H2,1-3H3. The summed E-state index contributed by atoms with van der Waals surface area (Å²) in [6, 6.07) is 3.88. The van der Waals surface area contributed by atoms with E-state index in [0.29, 0.717) is 0 Å². The van der Waals surface area contributed by atoms with Crippen LogP contribution in [0.25, 0.3) is 0 Å². The van der Waals surface area contributed by atoms with Crippen molar-refractivity contribution in [1.82, 2.24) is 4.90 Å². The molecular weight excluding hydrogens is 190 g/mol. The first-order chi connectivity index (χ1) is 7.07. The van der Waals surface area contributed by atoms with Crippen molar-refractivity contribution < 1.29 is 9.52 Å². The fourth-order valence-electron chi connectivity index (χ4n) is 1.56. The lowest BCUT2D eigenvalue weighted by molar-refractivity contribution is 0.0983. The Bertz CT molecular complexity index is 267. The number of rotatable bonds is 6. The molecule has 0 atom stereocenters. The van der Waals surface area contributed by atoms with Crippen molar-refractivity contribution in [2.75, 3.05) is 19.7 Å². The molecule has 86 valence electrons. The summed E-state index contributed by atoms with van der Waals surface area (Å²) in [6.07, 6.45) is 1.69. The summed E-state index contributed by atoms with van der Waals surface area (Å²) in [5.74, 6) is 0.977. The average molecular weight is 211 g/mol. The predicted molar refractivity (Wildman–Crippen MR) is 60.5 cm³/mol. The second-order valence-corrected chi connectivity index (χ2v) is 4.70. The predicted octanol–water partition coefficient (Wildman–Crippen LogP) is 2.12. The molecule has 1 rings (SSSR count). The third-order valence-electron chi connectivity index (χ3n) is 2.49. The van der Waals surface area contributed by atoms with Crippen LogP contribution in [0, 0.1) is 5.41 Å². The van der Waals surface area contributed by atoms with Crippen molar-refractivity contribution in [1.29, 1.82) is 0 Å². The highest BCUT2D eigenvalue weighted by Crippen LogP contribution is 2.17. The Hall–Kier alpha value is -0.800. The molecule has 1 heterocycles. The zero-order valence-corrected chi connectivity index (χ0v) is 9.86. The van der Waals surface area contributed by atoms with Crippen molar-refractivity contribution in [3.63, 3.8) is 0 Å². The molecule has 1 N–H and O–H groups in total. The lowest BCUT2D eigenvalue weighted by Gasteiger charge is -2.29. The number of nitrogens with zero attached hydrogens (tertiary/aromatic N) is 1. The third kappa shape index (κ3) is 4.06. The van der Waals surface area contributed by atoms with E-state index in [1.165, 1.54) is 0 Å². The molecule has 0 fully saturated rings. The second-order valence-electron chi connectivity index (χ2n) is 4.70. The van der Waals surface area contributed by atoms with E-state index in [1.54, 1.807) is 6.26 Å². The summed E-state index contributed by atoms with van der Waals surface area (Å²) < 4.78 is 5.31. The van der Waals surface area contributed by atoms with E-state index in [9.17, 15) is 5.11 Å². The first-order valence-electron chi connectivity index (χ1n) is 5.43. The second kappa shape index (κ2) is 5.33. The first-order valence-corrected chi connectivity index (χ1v) is 5.43. The van der Waals surface area contributed by atoms with Crippen molar-refractivity contribution in [3.05, 3.63) is 24.2 Å². The molecule has 3 heteroatoms. The highest BCUT2D eigenvalue weighted by Gasteiger charge is 2.20. The van der Waals surface area contributed by atoms with E-state index in [2.05, 4.69) is 25.7 Å². The maximum atomic E-state index is 9.21. The van der Waals surface area contributed by atoms with Gasteiger partial charge in [0.25, 0.3) is 0 Å². The monoisotopic (exact) mass is 211 g/mol. The van der Waals surface area contributed by atoms with Gasteiger partial charge in [-0.25, -0.2) is 0 Å². The molecule has 0 amide bonds. The molecule has 0 aromatic carbocycles. The summed E-state index contributed by atoms with van der Waals surface area (Å²) >= 11 is 0. The summed E-state index contributed by atoms with van der Waals surface area (Å²) in [7, 11) is 0. The molecule has 0 saturated carbocycles. The number of hydrogen-bond donors (Lipinski definition) is 1. The summed E-state index contributed by atoms with van der Waals surface area (Å²) in [5, 5.41) is 9.21. The molecule has 3 nitrogen and oxygen atoms in total. The van der Waals surface area contributed by atoms with Gasteiger partial charge in [0, 0.05) is 18.6 Å². The van der Waals surface area contributed by atoms with Gasteiger partial charge in [-0.2, -0.15) is 0 Å². The lowest BCUT2D eigenvalue weighted by atomic mass is 9.94. The van der Waals surface area contributed by atoms with Crippen LogP contribution in [-0.2, 0) is 6.54 Å². The number of hydrogen-bond acceptors (Lipinski definition) is 3. The third-order valence-corrected chi connectivity index (χ3v) is 2.49. The Morgan fingerprint density at radius 3 is 2.67 bits per heavy atom. The Kier molecular flexibility index (Phi) is 4.36. The van der Waals surface area contributed by atoms with Gasteiger partial charge in [0.15, 0.2) is 0 Å². The lowest BCUT2D eigenvalue weighted by Crippen LogP contribution is -2.35. The molecule has 0 aliphatic carbocycles. The minimum absolute atomic E-state index is 0.0530. The molecule has 0 radical (unpaired) electrons. The minimum Gasteiger partial charge on any atom is -0.468 e. The van der Waals surface area contributed by atoms with Crippen LogP contribution in [0.2, 0.25) is 0 Å². The van der Waals surface area contributed by atoms with Crippen molar-refractivity contribution in [2.24, 2.45) is 5.41 Å². The van der Waals surface area contributed by atoms with Gasteiger partial charge in [0.1, 0.15) is 5.76 Å². The van der Waals surface area contributed by atoms with Crippen LogP contribution in [0.5, 0.6) is 0 Å². The van der Waals surface area contributed by atoms with Crippen molar-refractivity contribution >= 4 is 0 Å². The fourth-order valence-corrected chi connectivity index (χ4v) is 1.56. The molecule has 1 aromatic heterocycles. The molecule has 0 saturated heterocycles. The molecular formula is C12H21NO2. The molecule has 0 unspecified atom stereocenters. The van der Waals surface area contributed by atoms with Crippen LogP contribution in [-0.4, -0.2) is 29.7 Å². The largest absolute Gasteiger partial charge is 0.468 e. The smallest absolute Gasteiger partial charge is 0.117 e. The van der Waals surface area contributed by atoms with Crippen LogP contribution in [0.3, 0.4) is 0 Å². The Morgan fingerprint density at radius 1 is 1.47 bits per heavy atom. The van der Waals surface area contributed by atoms with E-state index in [1.807, 2.05) is 12.1 Å². The zero-order valence-electron chi connectivity index (χ0n) is 9.86. The van der Waals surface area contributed by atoms with Gasteiger partial charge in [-0.1, -0.05) is 20.8 Å². The first kappa shape index (κ1) is 12.3. The van der Waals surface area contributed by atoms with E-state index in [-0.39, 0.29) is 12.0 Å². The summed E-state index contributed by atoms with van der Waals surface area (Å²) in [4.78, 5) is 2.27. The van der Waals surface area contributed by atoms with E-state index >= 15 is 0 Å². The van der Waals surface area contributed by atoms with Gasteiger partial charge in [-0.3, -0.25) is 4.90 Å².